The summed E-state index contributed by atoms with van der Waals surface area (Å²) < 4.78 is 30.6. The Kier molecular flexibility index (Phi) is 5.67. The monoisotopic (exact) mass is 380 g/mol. The van der Waals surface area contributed by atoms with Gasteiger partial charge in [0.15, 0.2) is 0 Å². The molecule has 0 radical (unpaired) electrons. The lowest BCUT2D eigenvalue weighted by Crippen LogP contribution is -2.09. The largest absolute Gasteiger partial charge is 0.399 e. The third-order valence-corrected chi connectivity index (χ3v) is 5.84. The van der Waals surface area contributed by atoms with Gasteiger partial charge in [0.25, 0.3) is 5.66 Å². The van der Waals surface area contributed by atoms with Gasteiger partial charge >= 0.3 is 0 Å². The van der Waals surface area contributed by atoms with E-state index in [0.29, 0.717) is 17.7 Å². The first-order valence-electron chi connectivity index (χ1n) is 8.51. The second kappa shape index (κ2) is 7.61. The van der Waals surface area contributed by atoms with E-state index < -0.39 is 5.66 Å². The van der Waals surface area contributed by atoms with E-state index >= 15 is 0 Å². The minimum Gasteiger partial charge on any atom is -0.399 e. The molecule has 1 fully saturated rings. The Morgan fingerprint density at radius 2 is 1.80 bits per heavy atom. The van der Waals surface area contributed by atoms with E-state index in [1.54, 1.807) is 27.3 Å². The molecule has 2 nitrogen and oxygen atoms in total. The predicted octanol–water partition coefficient (Wildman–Crippen LogP) is 5.53. The lowest BCUT2D eigenvalue weighted by Gasteiger charge is -2.20. The van der Waals surface area contributed by atoms with Crippen LogP contribution in [0.25, 0.3) is 11.1 Å². The molecule has 0 bridgehead atoms. The van der Waals surface area contributed by atoms with Crippen LogP contribution in [0.1, 0.15) is 30.9 Å². The van der Waals surface area contributed by atoms with Crippen molar-refractivity contribution in [1.82, 2.24) is 4.31 Å². The summed E-state index contributed by atoms with van der Waals surface area (Å²) in [6, 6.07) is 11.1. The fourth-order valence-corrected chi connectivity index (χ4v) is 4.44. The van der Waals surface area contributed by atoms with E-state index in [1.165, 1.54) is 18.9 Å². The van der Waals surface area contributed by atoms with Crippen molar-refractivity contribution in [3.63, 3.8) is 0 Å². The van der Waals surface area contributed by atoms with Crippen LogP contribution in [-0.2, 0) is 12.1 Å². The summed E-state index contributed by atoms with van der Waals surface area (Å²) in [5.74, 6) is 0. The van der Waals surface area contributed by atoms with Crippen LogP contribution < -0.4 is 5.73 Å². The summed E-state index contributed by atoms with van der Waals surface area (Å²) in [5.41, 5.74) is 5.41. The molecule has 1 aliphatic rings. The fraction of sp³-hybridized carbons (Fsp3) is 0.368. The van der Waals surface area contributed by atoms with E-state index in [0.717, 1.165) is 29.1 Å². The second-order valence-electron chi connectivity index (χ2n) is 6.33. The quantitative estimate of drug-likeness (QED) is 0.420. The number of benzene rings is 2. The summed E-state index contributed by atoms with van der Waals surface area (Å²) in [6.45, 7) is 4.17. The van der Waals surface area contributed by atoms with Crippen molar-refractivity contribution in [3.8, 4) is 11.1 Å². The van der Waals surface area contributed by atoms with Crippen molar-refractivity contribution < 1.29 is 8.78 Å². The van der Waals surface area contributed by atoms with Gasteiger partial charge in [0.1, 0.15) is 0 Å². The maximum absolute atomic E-state index is 14.1. The summed E-state index contributed by atoms with van der Waals surface area (Å²) in [7, 11) is 1.63. The van der Waals surface area contributed by atoms with Gasteiger partial charge in [-0.05, 0) is 72.2 Å². The first-order chi connectivity index (χ1) is 11.9. The molecule has 1 unspecified atom stereocenters. The number of hydrogen-bond donors (Lipinski definition) is 1. The van der Waals surface area contributed by atoms with E-state index in [-0.39, 0.29) is 5.56 Å². The van der Waals surface area contributed by atoms with Gasteiger partial charge in [-0.3, -0.25) is 0 Å². The number of hydrogen-bond acceptors (Lipinski definition) is 3. The molecule has 0 amide bonds. The Morgan fingerprint density at radius 1 is 1.16 bits per heavy atom. The first-order valence-corrected chi connectivity index (χ1v) is 9.86. The highest BCUT2D eigenvalue weighted by molar-refractivity contribution is 7.97. The van der Waals surface area contributed by atoms with Crippen molar-refractivity contribution >= 4 is 26.9 Å². The second-order valence-corrected chi connectivity index (χ2v) is 8.23. The minimum atomic E-state index is -3.02. The number of aryl methyl sites for hydroxylation is 1. The van der Waals surface area contributed by atoms with Crippen LogP contribution in [-0.4, -0.2) is 17.4 Å². The molecule has 1 atom stereocenters. The minimum absolute atomic E-state index is 0.0331. The number of alkyl halides is 2. The van der Waals surface area contributed by atoms with Gasteiger partial charge in [0.05, 0.1) is 0 Å². The summed E-state index contributed by atoms with van der Waals surface area (Å²) >= 11 is 1.74. The molecule has 0 saturated carbocycles. The molecule has 1 saturated heterocycles. The molecular weight excluding hydrogens is 357 g/mol. The van der Waals surface area contributed by atoms with E-state index in [9.17, 15) is 8.78 Å². The van der Waals surface area contributed by atoms with Crippen molar-refractivity contribution in [2.45, 2.75) is 36.7 Å². The molecule has 0 spiro atoms. The van der Waals surface area contributed by atoms with Gasteiger partial charge in [-0.15, -0.1) is 0 Å². The van der Waals surface area contributed by atoms with Crippen molar-refractivity contribution in [3.05, 3.63) is 47.5 Å². The third kappa shape index (κ3) is 4.33. The first kappa shape index (κ1) is 18.6. The van der Waals surface area contributed by atoms with Crippen LogP contribution in [0.3, 0.4) is 0 Å². The van der Waals surface area contributed by atoms with Crippen LogP contribution in [0.15, 0.2) is 41.3 Å². The Labute approximate surface area is 154 Å². The third-order valence-electron chi connectivity index (χ3n) is 4.42. The highest BCUT2D eigenvalue weighted by Gasteiger charge is 2.30. The van der Waals surface area contributed by atoms with Crippen LogP contribution >= 0.6 is 21.2 Å². The highest BCUT2D eigenvalue weighted by atomic mass is 32.2. The Balaban J connectivity index is 1.97. The molecular formula is C19H23F2N2PS. The average molecular weight is 380 g/mol. The van der Waals surface area contributed by atoms with Crippen LogP contribution in [0.2, 0.25) is 0 Å². The number of nitrogen functional groups attached to an aromatic ring is 1. The van der Waals surface area contributed by atoms with Crippen molar-refractivity contribution in [1.29, 1.82) is 0 Å². The van der Waals surface area contributed by atoms with Crippen LogP contribution in [0.5, 0.6) is 0 Å². The normalized spacial score (nSPS) is 15.7. The lowest BCUT2D eigenvalue weighted by molar-refractivity contribution is 0.104. The zero-order chi connectivity index (χ0) is 18.0. The molecule has 134 valence electrons. The molecule has 2 N–H and O–H groups in total. The molecule has 6 heteroatoms. The van der Waals surface area contributed by atoms with E-state index in [2.05, 4.69) is 4.31 Å². The molecule has 1 aliphatic heterocycles. The van der Waals surface area contributed by atoms with E-state index in [4.69, 9.17) is 5.73 Å². The number of halogens is 2. The molecule has 0 aliphatic carbocycles. The lowest BCUT2D eigenvalue weighted by atomic mass is 9.92. The Hall–Kier alpha value is -1.16. The fourth-order valence-electron chi connectivity index (χ4n) is 3.22. The zero-order valence-corrected chi connectivity index (χ0v) is 16.2. The van der Waals surface area contributed by atoms with Crippen LogP contribution in [0, 0.1) is 0 Å². The van der Waals surface area contributed by atoms with Gasteiger partial charge in [0.2, 0.25) is 0 Å². The van der Waals surface area contributed by atoms with Gasteiger partial charge in [0, 0.05) is 29.2 Å². The molecule has 1 heterocycles. The summed E-state index contributed by atoms with van der Waals surface area (Å²) in [6.07, 6.45) is 3.13. The van der Waals surface area contributed by atoms with Gasteiger partial charge in [-0.2, -0.15) is 8.78 Å². The maximum atomic E-state index is 14.1. The number of nitrogens with zero attached hydrogens (tertiary/aromatic N) is 1. The number of anilines is 1. The number of rotatable bonds is 5. The van der Waals surface area contributed by atoms with Gasteiger partial charge in [-0.1, -0.05) is 28.3 Å². The Bertz CT molecular complexity index is 738. The summed E-state index contributed by atoms with van der Waals surface area (Å²) in [5, 5.41) is 0. The van der Waals surface area contributed by atoms with Crippen LogP contribution in [0.4, 0.5) is 14.5 Å². The highest BCUT2D eigenvalue weighted by Crippen LogP contribution is 2.44. The standard InChI is InChI=1S/C19H23F2N2PS/c1-2-13-11-15(22)12-17(19(20,21)24)18(13)14-5-7-16(8-6-14)25-23-9-3-4-10-23/h5-8,11-12H,2-4,9-10,22,24H2,1H3. The van der Waals surface area contributed by atoms with Gasteiger partial charge in [-0.25, -0.2) is 4.31 Å². The molecule has 2 aromatic rings. The molecule has 3 rings (SSSR count). The Morgan fingerprint density at radius 3 is 2.36 bits per heavy atom. The smallest absolute Gasteiger partial charge is 0.284 e. The van der Waals surface area contributed by atoms with E-state index in [1.807, 2.05) is 31.2 Å². The van der Waals surface area contributed by atoms with Crippen molar-refractivity contribution in [2.24, 2.45) is 0 Å². The number of nitrogens with two attached hydrogens (primary N) is 1. The maximum Gasteiger partial charge on any atom is 0.284 e. The summed E-state index contributed by atoms with van der Waals surface area (Å²) in [4.78, 5) is 1.14. The molecule has 0 aromatic heterocycles. The van der Waals surface area contributed by atoms with Gasteiger partial charge < -0.3 is 5.73 Å². The SMILES string of the molecule is CCc1cc(N)cc(C(F)(F)P)c1-c1ccc(SN2CCCC2)cc1. The molecule has 25 heavy (non-hydrogen) atoms. The van der Waals surface area contributed by atoms with Crippen molar-refractivity contribution in [2.75, 3.05) is 18.8 Å². The predicted molar refractivity (Wildman–Crippen MR) is 106 cm³/mol. The average Bonchev–Trinajstić information content (AvgIpc) is 3.07. The topological polar surface area (TPSA) is 29.3 Å². The zero-order valence-electron chi connectivity index (χ0n) is 14.3. The molecule has 2 aromatic carbocycles.